The van der Waals surface area contributed by atoms with Gasteiger partial charge in [0, 0.05) is 0 Å². The maximum Gasteiger partial charge on any atom is -0.0256 e. The Balaban J connectivity index is 2.69. The molecule has 0 aliphatic carbocycles. The average Bonchev–Trinajstić information content (AvgIpc) is 2.17. The van der Waals surface area contributed by atoms with E-state index in [-0.39, 0.29) is 0 Å². The first-order valence-corrected chi connectivity index (χ1v) is 4.78. The van der Waals surface area contributed by atoms with E-state index >= 15 is 0 Å². The maximum absolute atomic E-state index is 3.90. The third kappa shape index (κ3) is 3.44. The smallest absolute Gasteiger partial charge is 0.0256 e. The van der Waals surface area contributed by atoms with Crippen LogP contribution in [0.5, 0.6) is 0 Å². The van der Waals surface area contributed by atoms with Gasteiger partial charge in [-0.3, -0.25) is 0 Å². The van der Waals surface area contributed by atoms with Gasteiger partial charge in [-0.05, 0) is 25.0 Å². The Morgan fingerprint density at radius 1 is 1.14 bits per heavy atom. The lowest BCUT2D eigenvalue weighted by atomic mass is 10.1. The molecule has 0 aromatic heterocycles. The van der Waals surface area contributed by atoms with Gasteiger partial charge in [-0.25, -0.2) is 0 Å². The number of benzene rings is 1. The van der Waals surface area contributed by atoms with Crippen molar-refractivity contribution in [3.8, 4) is 0 Å². The highest BCUT2D eigenvalue weighted by atomic mass is 13.9. The molecule has 0 aliphatic rings. The van der Waals surface area contributed by atoms with Crippen LogP contribution in [-0.2, 0) is 0 Å². The number of hydrogen-bond donors (Lipinski definition) is 0. The summed E-state index contributed by atoms with van der Waals surface area (Å²) in [7, 11) is 0. The summed E-state index contributed by atoms with van der Waals surface area (Å²) < 4.78 is 0. The molecule has 1 rings (SSSR count). The minimum atomic E-state index is 1.02. The molecule has 0 heteroatoms. The van der Waals surface area contributed by atoms with Gasteiger partial charge < -0.3 is 0 Å². The molecule has 1 aromatic rings. The Kier molecular flexibility index (Phi) is 3.93. The van der Waals surface area contributed by atoms with Gasteiger partial charge >= 0.3 is 0 Å². The van der Waals surface area contributed by atoms with E-state index in [1.165, 1.54) is 11.1 Å². The summed E-state index contributed by atoms with van der Waals surface area (Å²) in [6.07, 6.45) is 8.07. The van der Waals surface area contributed by atoms with Crippen LogP contribution in [0.25, 0.3) is 6.08 Å². The second kappa shape index (κ2) is 5.23. The molecule has 0 bridgehead atoms. The van der Waals surface area contributed by atoms with Gasteiger partial charge in [-0.2, -0.15) is 0 Å². The molecule has 14 heavy (non-hydrogen) atoms. The third-order valence-electron chi connectivity index (χ3n) is 1.95. The summed E-state index contributed by atoms with van der Waals surface area (Å²) in [6, 6.07) is 8.43. The molecule has 0 unspecified atom stereocenters. The molecule has 0 aliphatic heterocycles. The normalized spacial score (nSPS) is 11.3. The average molecular weight is 184 g/mol. The van der Waals surface area contributed by atoms with Crippen molar-refractivity contribution in [2.75, 3.05) is 0 Å². The van der Waals surface area contributed by atoms with E-state index in [1.807, 2.05) is 25.2 Å². The fourth-order valence-corrected chi connectivity index (χ4v) is 1.15. The van der Waals surface area contributed by atoms with Crippen molar-refractivity contribution in [2.45, 2.75) is 13.8 Å². The Morgan fingerprint density at radius 2 is 1.79 bits per heavy atom. The van der Waals surface area contributed by atoms with Crippen LogP contribution in [0.3, 0.4) is 0 Å². The zero-order valence-corrected chi connectivity index (χ0v) is 8.83. The van der Waals surface area contributed by atoms with E-state index in [9.17, 15) is 0 Å². The molecule has 72 valence electrons. The van der Waals surface area contributed by atoms with Gasteiger partial charge in [0.1, 0.15) is 0 Å². The molecule has 0 heterocycles. The second-order valence-corrected chi connectivity index (χ2v) is 3.32. The van der Waals surface area contributed by atoms with E-state index < -0.39 is 0 Å². The third-order valence-corrected chi connectivity index (χ3v) is 1.95. The van der Waals surface area contributed by atoms with Crippen molar-refractivity contribution in [1.29, 1.82) is 0 Å². The van der Waals surface area contributed by atoms with Crippen molar-refractivity contribution in [1.82, 2.24) is 0 Å². The topological polar surface area (TPSA) is 0 Å². The number of rotatable bonds is 3. The molecule has 0 nitrogen and oxygen atoms in total. The van der Waals surface area contributed by atoms with Crippen LogP contribution in [0.4, 0.5) is 0 Å². The van der Waals surface area contributed by atoms with Crippen LogP contribution in [0.1, 0.15) is 18.1 Å². The summed E-state index contributed by atoms with van der Waals surface area (Å²) in [5.41, 5.74) is 3.52. The highest BCUT2D eigenvalue weighted by Gasteiger charge is 1.86. The van der Waals surface area contributed by atoms with E-state index in [4.69, 9.17) is 0 Å². The van der Waals surface area contributed by atoms with E-state index in [0.29, 0.717) is 0 Å². The lowest BCUT2D eigenvalue weighted by Gasteiger charge is -1.94. The van der Waals surface area contributed by atoms with Crippen molar-refractivity contribution in [2.24, 2.45) is 0 Å². The zero-order chi connectivity index (χ0) is 10.4. The Labute approximate surface area is 86.3 Å². The number of allylic oxidation sites excluding steroid dienone is 4. The van der Waals surface area contributed by atoms with Crippen LogP contribution in [0, 0.1) is 6.92 Å². The highest BCUT2D eigenvalue weighted by molar-refractivity contribution is 5.54. The second-order valence-electron chi connectivity index (χ2n) is 3.32. The molecular weight excluding hydrogens is 168 g/mol. The van der Waals surface area contributed by atoms with Crippen LogP contribution in [-0.4, -0.2) is 0 Å². The summed E-state index contributed by atoms with van der Waals surface area (Å²) in [5, 5.41) is 0. The van der Waals surface area contributed by atoms with Gasteiger partial charge in [0.25, 0.3) is 0 Å². The summed E-state index contributed by atoms with van der Waals surface area (Å²) in [4.78, 5) is 0. The zero-order valence-electron chi connectivity index (χ0n) is 8.83. The Morgan fingerprint density at radius 3 is 2.36 bits per heavy atom. The molecule has 0 radical (unpaired) electrons. The van der Waals surface area contributed by atoms with Crippen molar-refractivity contribution in [3.05, 3.63) is 65.8 Å². The maximum atomic E-state index is 3.90. The highest BCUT2D eigenvalue weighted by Crippen LogP contribution is 2.07. The SMILES string of the molecule is C=C(/C=C\C)/C=C/c1ccc(C)cc1. The largest absolute Gasteiger partial charge is 0.0918 e. The first-order chi connectivity index (χ1) is 6.72. The number of aryl methyl sites for hydroxylation is 1. The molecule has 0 saturated heterocycles. The van der Waals surface area contributed by atoms with E-state index in [2.05, 4.69) is 43.8 Å². The predicted molar refractivity (Wildman–Crippen MR) is 64.2 cm³/mol. The summed E-state index contributed by atoms with van der Waals surface area (Å²) >= 11 is 0. The van der Waals surface area contributed by atoms with Crippen molar-refractivity contribution in [3.63, 3.8) is 0 Å². The Bertz CT molecular complexity index is 350. The fraction of sp³-hybridized carbons (Fsp3) is 0.143. The van der Waals surface area contributed by atoms with Gasteiger partial charge in [0.15, 0.2) is 0 Å². The van der Waals surface area contributed by atoms with E-state index in [1.54, 1.807) is 0 Å². The molecule has 0 fully saturated rings. The summed E-state index contributed by atoms with van der Waals surface area (Å²) in [6.45, 7) is 7.98. The van der Waals surface area contributed by atoms with Gasteiger partial charge in [0.05, 0.1) is 0 Å². The first-order valence-electron chi connectivity index (χ1n) is 4.78. The van der Waals surface area contributed by atoms with E-state index in [0.717, 1.165) is 5.57 Å². The quantitative estimate of drug-likeness (QED) is 0.619. The molecule has 0 saturated carbocycles. The lowest BCUT2D eigenvalue weighted by Crippen LogP contribution is -1.73. The monoisotopic (exact) mass is 184 g/mol. The molecule has 0 N–H and O–H groups in total. The molecule has 0 atom stereocenters. The van der Waals surface area contributed by atoms with Gasteiger partial charge in [-0.1, -0.05) is 60.7 Å². The molecule has 1 aromatic carbocycles. The molecular formula is C14H16. The van der Waals surface area contributed by atoms with Crippen LogP contribution in [0.2, 0.25) is 0 Å². The molecule has 0 spiro atoms. The van der Waals surface area contributed by atoms with Crippen LogP contribution >= 0.6 is 0 Å². The predicted octanol–water partition coefficient (Wildman–Crippen LogP) is 4.14. The summed E-state index contributed by atoms with van der Waals surface area (Å²) in [5.74, 6) is 0. The molecule has 0 amide bonds. The number of hydrogen-bond acceptors (Lipinski definition) is 0. The lowest BCUT2D eigenvalue weighted by molar-refractivity contribution is 1.46. The van der Waals surface area contributed by atoms with Gasteiger partial charge in [-0.15, -0.1) is 0 Å². The van der Waals surface area contributed by atoms with Gasteiger partial charge in [0.2, 0.25) is 0 Å². The fourth-order valence-electron chi connectivity index (χ4n) is 1.15. The minimum Gasteiger partial charge on any atom is -0.0918 e. The Hall–Kier alpha value is -1.56. The first kappa shape index (κ1) is 10.5. The van der Waals surface area contributed by atoms with Crippen molar-refractivity contribution < 1.29 is 0 Å². The van der Waals surface area contributed by atoms with Crippen LogP contribution < -0.4 is 0 Å². The standard InChI is InChI=1S/C14H16/c1-4-5-12(2)6-9-14-10-7-13(3)8-11-14/h4-11H,2H2,1,3H3/b5-4-,9-6+. The van der Waals surface area contributed by atoms with Crippen molar-refractivity contribution >= 4 is 6.08 Å². The minimum absolute atomic E-state index is 1.02. The van der Waals surface area contributed by atoms with Crippen LogP contribution in [0.15, 0.2) is 54.6 Å².